The number of nitrogens with two attached hydrogens (primary N) is 1. The number of sulfone groups is 2. The molecule has 0 saturated carbocycles. The van der Waals surface area contributed by atoms with E-state index >= 15 is 0 Å². The Morgan fingerprint density at radius 1 is 0.800 bits per heavy atom. The highest BCUT2D eigenvalue weighted by atomic mass is 32.3. The number of carboxylic acid groups (broad SMARTS) is 1. The Kier molecular flexibility index (Phi) is 16.6. The third-order valence-corrected chi connectivity index (χ3v) is 19.0. The fourth-order valence-electron chi connectivity index (χ4n) is 5.22. The van der Waals surface area contributed by atoms with Gasteiger partial charge in [-0.15, -0.1) is 22.7 Å². The van der Waals surface area contributed by atoms with Gasteiger partial charge in [-0.3, -0.25) is 14.4 Å². The lowest BCUT2D eigenvalue weighted by molar-refractivity contribution is -0.161. The summed E-state index contributed by atoms with van der Waals surface area (Å²) in [6.07, 6.45) is -1.58. The summed E-state index contributed by atoms with van der Waals surface area (Å²) in [7, 11) is -15.3. The van der Waals surface area contributed by atoms with Gasteiger partial charge < -0.3 is 25.2 Å². The number of carboxylic acids is 1. The van der Waals surface area contributed by atoms with Crippen molar-refractivity contribution < 1.29 is 67.4 Å². The lowest BCUT2D eigenvalue weighted by atomic mass is 10.1. The second-order valence-electron chi connectivity index (χ2n) is 12.4. The first-order chi connectivity index (χ1) is 25.1. The van der Waals surface area contributed by atoms with Gasteiger partial charge in [0.05, 0.1) is 10.5 Å². The molecule has 0 spiro atoms. The summed E-state index contributed by atoms with van der Waals surface area (Å²) in [6, 6.07) is 2.22. The zero-order chi connectivity index (χ0) is 42.4. The van der Waals surface area contributed by atoms with Crippen LogP contribution in [0.2, 0.25) is 0 Å². The molecule has 2 aliphatic rings. The number of carbonyl (C=O) groups excluding carboxylic acids is 3. The van der Waals surface area contributed by atoms with E-state index in [0.717, 1.165) is 18.3 Å². The van der Waals surface area contributed by atoms with Gasteiger partial charge in [0.15, 0.2) is 31.9 Å². The van der Waals surface area contributed by atoms with E-state index in [0.29, 0.717) is 48.4 Å². The number of nitrogens with one attached hydrogen (secondary N) is 3. The highest BCUT2D eigenvalue weighted by Crippen LogP contribution is 2.43. The molecule has 0 unspecified atom stereocenters. The van der Waals surface area contributed by atoms with Crippen LogP contribution in [0.3, 0.4) is 0 Å². The maximum Gasteiger partial charge on any atom is 0.344 e. The number of hydrogen-bond donors (Lipinski definition) is 5. The molecule has 0 aliphatic carbocycles. The van der Waals surface area contributed by atoms with Crippen molar-refractivity contribution in [3.8, 4) is 0 Å². The number of fused-ring (bicyclic) bond motifs is 2. The van der Waals surface area contributed by atoms with Gasteiger partial charge in [-0.05, 0) is 65.8 Å². The van der Waals surface area contributed by atoms with Crippen LogP contribution in [0, 0.1) is 0 Å². The third kappa shape index (κ3) is 12.2. The second kappa shape index (κ2) is 18.9. The van der Waals surface area contributed by atoms with Gasteiger partial charge in [0.1, 0.15) is 16.8 Å². The first-order valence-corrected chi connectivity index (χ1v) is 24.3. The van der Waals surface area contributed by atoms with E-state index in [1.54, 1.807) is 13.8 Å². The number of amides is 1. The standard InChI is InChI=1S/C15H22N2O7S3.C10H16N2O4S3.C5H8O4/c1-5-16-12-6-8(2)26(20,21)15-11(12)7-13(25-15)27(22,23)17-14(19)9(3)24-10(4)18;1-3-12-8-4-6(2)18(13,14)10-7(8)5-9(17-10)19(11,15)16;1-3(5(7)8)9-4(2)6/h7-9,12,16H,5-6H2,1-4H3,(H,17,19);5-6,8,12H,3-4H2,1-2H3,(H2,11,15,16);3H,1-2H3,(H,7,8)/t8-,9-,12-;6-,8-;3-/m000/s1. The van der Waals surface area contributed by atoms with Crippen LogP contribution in [0.5, 0.6) is 0 Å². The van der Waals surface area contributed by atoms with Gasteiger partial charge in [-0.25, -0.2) is 48.3 Å². The summed E-state index contributed by atoms with van der Waals surface area (Å²) >= 11 is 1.35. The Balaban J connectivity index is 0.000000323. The summed E-state index contributed by atoms with van der Waals surface area (Å²) in [5, 5.41) is 18.4. The Hall–Kier alpha value is -3.04. The Labute approximate surface area is 328 Å². The van der Waals surface area contributed by atoms with Crippen LogP contribution in [-0.4, -0.2) is 98.4 Å². The van der Waals surface area contributed by atoms with E-state index in [9.17, 15) is 52.8 Å². The summed E-state index contributed by atoms with van der Waals surface area (Å²) in [5.74, 6) is -3.46. The highest BCUT2D eigenvalue weighted by Gasteiger charge is 2.41. The molecule has 6 atom stereocenters. The average molecular weight is 895 g/mol. The highest BCUT2D eigenvalue weighted by molar-refractivity contribution is 7.96. The van der Waals surface area contributed by atoms with Gasteiger partial charge in [0, 0.05) is 37.1 Å². The third-order valence-electron chi connectivity index (χ3n) is 7.95. The second-order valence-corrected chi connectivity index (χ2v) is 23.3. The molecular formula is C30H46N4O15S6. The van der Waals surface area contributed by atoms with Crippen LogP contribution >= 0.6 is 22.7 Å². The first kappa shape index (κ1) is 48.1. The minimum Gasteiger partial charge on any atom is -0.479 e. The zero-order valence-corrected chi connectivity index (χ0v) is 36.0. The van der Waals surface area contributed by atoms with Gasteiger partial charge in [0.25, 0.3) is 15.9 Å². The van der Waals surface area contributed by atoms with E-state index in [4.69, 9.17) is 10.2 Å². The molecule has 1 amide bonds. The number of esters is 2. The van der Waals surface area contributed by atoms with Gasteiger partial charge in [-0.2, -0.15) is 0 Å². The van der Waals surface area contributed by atoms with Gasteiger partial charge in [0.2, 0.25) is 10.0 Å². The number of thiophene rings is 2. The van der Waals surface area contributed by atoms with Crippen LogP contribution in [0.15, 0.2) is 29.0 Å². The number of carbonyl (C=O) groups is 4. The van der Waals surface area contributed by atoms with Crippen molar-refractivity contribution in [3.63, 3.8) is 0 Å². The fourth-order valence-corrected chi connectivity index (χ4v) is 14.7. The zero-order valence-electron chi connectivity index (χ0n) is 31.1. The summed E-state index contributed by atoms with van der Waals surface area (Å²) in [5.41, 5.74) is 0.912. The Morgan fingerprint density at radius 3 is 1.53 bits per heavy atom. The van der Waals surface area contributed by atoms with Crippen molar-refractivity contribution in [2.75, 3.05) is 13.1 Å². The molecule has 312 valence electrons. The number of ether oxygens (including phenoxy) is 2. The van der Waals surface area contributed by atoms with E-state index < -0.39 is 86.2 Å². The Bertz CT molecular complexity index is 2200. The van der Waals surface area contributed by atoms with Crippen LogP contribution in [-0.2, 0) is 68.4 Å². The van der Waals surface area contributed by atoms with Crippen molar-refractivity contribution in [1.82, 2.24) is 15.4 Å². The van der Waals surface area contributed by atoms with Crippen LogP contribution in [0.25, 0.3) is 0 Å². The lowest BCUT2D eigenvalue weighted by Gasteiger charge is -2.27. The SMILES string of the molecule is CC(=O)O[C@@H](C)C(=O)O.CCN[C@H]1C[C@H](C)S(=O)(=O)c2sc(S(=O)(=O)NC(=O)[C@H](C)OC(C)=O)cc21.CCN[C@H]1C[C@H](C)S(=O)(=O)c2sc(S(N)(=O)=O)cc21. The molecule has 25 heteroatoms. The predicted octanol–water partition coefficient (Wildman–Crippen LogP) is 1.36. The van der Waals surface area contributed by atoms with Crippen molar-refractivity contribution in [2.45, 2.75) is 120 Å². The quantitative estimate of drug-likeness (QED) is 0.199. The lowest BCUT2D eigenvalue weighted by Crippen LogP contribution is -2.39. The van der Waals surface area contributed by atoms with Gasteiger partial charge in [-0.1, -0.05) is 13.8 Å². The van der Waals surface area contributed by atoms with Crippen molar-refractivity contribution >= 4 is 86.2 Å². The minimum atomic E-state index is -4.30. The van der Waals surface area contributed by atoms with Crippen molar-refractivity contribution in [3.05, 3.63) is 23.3 Å². The smallest absolute Gasteiger partial charge is 0.344 e. The van der Waals surface area contributed by atoms with Crippen molar-refractivity contribution in [2.24, 2.45) is 5.14 Å². The maximum atomic E-state index is 12.6. The first-order valence-electron chi connectivity index (χ1n) is 16.5. The van der Waals surface area contributed by atoms with E-state index in [-0.39, 0.29) is 28.9 Å². The predicted molar refractivity (Wildman–Crippen MR) is 201 cm³/mol. The molecule has 0 aromatic carbocycles. The summed E-state index contributed by atoms with van der Waals surface area (Å²) in [6.45, 7) is 13.1. The van der Waals surface area contributed by atoms with E-state index in [2.05, 4.69) is 20.1 Å². The number of primary sulfonamides is 1. The molecule has 6 N–H and O–H groups in total. The molecule has 0 fully saturated rings. The van der Waals surface area contributed by atoms with Crippen LogP contribution in [0.4, 0.5) is 0 Å². The molecule has 0 radical (unpaired) electrons. The molecule has 2 aromatic rings. The molecule has 0 saturated heterocycles. The van der Waals surface area contributed by atoms with Crippen LogP contribution < -0.4 is 20.5 Å². The Morgan fingerprint density at radius 2 is 1.18 bits per heavy atom. The molecular weight excluding hydrogens is 849 g/mol. The molecule has 2 aliphatic heterocycles. The molecule has 19 nitrogen and oxygen atoms in total. The van der Waals surface area contributed by atoms with Crippen molar-refractivity contribution in [1.29, 1.82) is 0 Å². The maximum absolute atomic E-state index is 12.6. The van der Waals surface area contributed by atoms with E-state index in [1.807, 2.05) is 18.6 Å². The number of hydrogen-bond acceptors (Lipinski definition) is 18. The topological polar surface area (TPSA) is 306 Å². The summed E-state index contributed by atoms with van der Waals surface area (Å²) < 4.78 is 108. The van der Waals surface area contributed by atoms with Crippen LogP contribution in [0.1, 0.15) is 91.4 Å². The number of aliphatic carboxylic acids is 1. The summed E-state index contributed by atoms with van der Waals surface area (Å²) in [4.78, 5) is 42.9. The molecule has 4 rings (SSSR count). The van der Waals surface area contributed by atoms with E-state index in [1.165, 1.54) is 32.9 Å². The largest absolute Gasteiger partial charge is 0.479 e. The monoisotopic (exact) mass is 894 g/mol. The fraction of sp³-hybridized carbons (Fsp3) is 0.600. The number of rotatable bonds is 11. The van der Waals surface area contributed by atoms with Gasteiger partial charge >= 0.3 is 17.9 Å². The molecule has 55 heavy (non-hydrogen) atoms. The number of sulfonamides is 2. The average Bonchev–Trinajstić information content (AvgIpc) is 3.71. The normalized spacial score (nSPS) is 22.1. The molecule has 4 heterocycles. The molecule has 0 bridgehead atoms. The molecule has 2 aromatic heterocycles. The minimum absolute atomic E-state index is 0.00643.